The summed E-state index contributed by atoms with van der Waals surface area (Å²) in [6.07, 6.45) is -3.56. The van der Waals surface area contributed by atoms with Crippen molar-refractivity contribution in [2.24, 2.45) is 0 Å². The number of ether oxygens (including phenoxy) is 1. The van der Waals surface area contributed by atoms with Gasteiger partial charge in [0.1, 0.15) is 5.75 Å². The highest BCUT2D eigenvalue weighted by Crippen LogP contribution is 2.31. The Kier molecular flexibility index (Phi) is 10.1. The summed E-state index contributed by atoms with van der Waals surface area (Å²) in [5.74, 6) is 0.444. The van der Waals surface area contributed by atoms with E-state index in [0.717, 1.165) is 25.1 Å². The predicted molar refractivity (Wildman–Crippen MR) is 152 cm³/mol. The van der Waals surface area contributed by atoms with E-state index in [2.05, 4.69) is 46.6 Å². The van der Waals surface area contributed by atoms with Crippen LogP contribution in [0.2, 0.25) is 0 Å². The fraction of sp³-hybridized carbons (Fsp3) is 0.242. The minimum Gasteiger partial charge on any atom is -0.429 e. The van der Waals surface area contributed by atoms with Gasteiger partial charge in [0.05, 0.1) is 5.56 Å². The van der Waals surface area contributed by atoms with E-state index in [4.69, 9.17) is 4.74 Å². The molecule has 0 amide bonds. The van der Waals surface area contributed by atoms with E-state index < -0.39 is 11.7 Å². The Bertz CT molecular complexity index is 1360. The Balaban J connectivity index is 1.35. The van der Waals surface area contributed by atoms with Crippen molar-refractivity contribution in [3.05, 3.63) is 125 Å². The first kappa shape index (κ1) is 29.1. The molecule has 0 aromatic heterocycles. The number of nitrogens with one attached hydrogen (secondary N) is 1. The molecule has 0 fully saturated rings. The van der Waals surface area contributed by atoms with Gasteiger partial charge >= 0.3 is 6.18 Å². The van der Waals surface area contributed by atoms with Gasteiger partial charge in [-0.3, -0.25) is 9.69 Å². The van der Waals surface area contributed by atoms with E-state index in [9.17, 15) is 18.0 Å². The number of hydrogen-bond donors (Lipinski definition) is 1. The van der Waals surface area contributed by atoms with Gasteiger partial charge in [-0.05, 0) is 72.0 Å². The van der Waals surface area contributed by atoms with Crippen LogP contribution in [0.4, 0.5) is 13.2 Å². The van der Waals surface area contributed by atoms with Crippen LogP contribution < -0.4 is 10.1 Å². The molecule has 0 spiro atoms. The highest BCUT2D eigenvalue weighted by atomic mass is 19.4. The second kappa shape index (κ2) is 13.9. The lowest BCUT2D eigenvalue weighted by atomic mass is 10.0. The highest BCUT2D eigenvalue weighted by molar-refractivity contribution is 5.63. The minimum atomic E-state index is -4.39. The van der Waals surface area contributed by atoms with Gasteiger partial charge in [-0.15, -0.1) is 0 Å². The molecular weight excluding hydrogens is 513 g/mol. The maximum atomic E-state index is 13.4. The van der Waals surface area contributed by atoms with Gasteiger partial charge in [-0.2, -0.15) is 13.2 Å². The fourth-order valence-electron chi connectivity index (χ4n) is 4.68. The summed E-state index contributed by atoms with van der Waals surface area (Å²) in [6.45, 7) is 5.20. The molecule has 0 radical (unpaired) electrons. The molecule has 0 heterocycles. The Morgan fingerprint density at radius 3 is 2.12 bits per heavy atom. The van der Waals surface area contributed by atoms with Crippen molar-refractivity contribution >= 4 is 6.47 Å². The number of nitrogens with zero attached hydrogens (tertiary/aromatic N) is 1. The van der Waals surface area contributed by atoms with Crippen LogP contribution in [-0.4, -0.2) is 24.5 Å². The molecule has 0 aliphatic carbocycles. The molecule has 0 aliphatic rings. The van der Waals surface area contributed by atoms with Crippen LogP contribution in [0.15, 0.2) is 97.1 Å². The first-order valence-electron chi connectivity index (χ1n) is 13.2. The monoisotopic (exact) mass is 546 g/mol. The number of halogens is 3. The number of benzene rings is 4. The number of aryl methyl sites for hydroxylation is 1. The van der Waals surface area contributed by atoms with Crippen LogP contribution >= 0.6 is 0 Å². The van der Waals surface area contributed by atoms with Crippen molar-refractivity contribution < 1.29 is 22.7 Å². The zero-order valence-electron chi connectivity index (χ0n) is 22.5. The molecule has 0 saturated heterocycles. The summed E-state index contributed by atoms with van der Waals surface area (Å²) in [4.78, 5) is 12.7. The zero-order chi connectivity index (χ0) is 28.4. The first-order valence-corrected chi connectivity index (χ1v) is 13.2. The average molecular weight is 547 g/mol. The maximum absolute atomic E-state index is 13.4. The summed E-state index contributed by atoms with van der Waals surface area (Å²) in [7, 11) is 0. The van der Waals surface area contributed by atoms with Crippen molar-refractivity contribution in [1.29, 1.82) is 0 Å². The van der Waals surface area contributed by atoms with Crippen LogP contribution in [0.5, 0.6) is 5.75 Å². The molecule has 0 bridgehead atoms. The van der Waals surface area contributed by atoms with Gasteiger partial charge in [-0.1, -0.05) is 78.4 Å². The average Bonchev–Trinajstić information content (AvgIpc) is 2.94. The number of hydrogen-bond acceptors (Lipinski definition) is 4. The van der Waals surface area contributed by atoms with Crippen LogP contribution in [0.1, 0.15) is 34.2 Å². The molecule has 4 aromatic rings. The van der Waals surface area contributed by atoms with Crippen LogP contribution in [-0.2, 0) is 30.6 Å². The van der Waals surface area contributed by atoms with Crippen LogP contribution in [0, 0.1) is 6.92 Å². The molecular formula is C33H33F3N2O2. The third kappa shape index (κ3) is 8.79. The third-order valence-corrected chi connectivity index (χ3v) is 6.60. The van der Waals surface area contributed by atoms with E-state index in [1.807, 2.05) is 30.3 Å². The van der Waals surface area contributed by atoms with Gasteiger partial charge in [0.25, 0.3) is 6.47 Å². The largest absolute Gasteiger partial charge is 0.429 e. The Labute approximate surface area is 233 Å². The van der Waals surface area contributed by atoms with Crippen molar-refractivity contribution in [1.82, 2.24) is 10.2 Å². The summed E-state index contributed by atoms with van der Waals surface area (Å²) < 4.78 is 45.1. The number of carbonyl (C=O) groups excluding carboxylic acids is 1. The second-order valence-corrected chi connectivity index (χ2v) is 9.87. The third-order valence-electron chi connectivity index (χ3n) is 6.60. The van der Waals surface area contributed by atoms with E-state index in [1.54, 1.807) is 25.1 Å². The predicted octanol–water partition coefficient (Wildman–Crippen LogP) is 7.40. The van der Waals surface area contributed by atoms with Gasteiger partial charge < -0.3 is 10.1 Å². The number of rotatable bonds is 13. The molecule has 40 heavy (non-hydrogen) atoms. The SMILES string of the molecule is Cc1cc(CN(CCCNCc2ccc(-c3ccccc3)cc2)Cc2ccc(OC=O)cc2)cc(C(F)(F)F)c1. The van der Waals surface area contributed by atoms with Gasteiger partial charge in [0.2, 0.25) is 0 Å². The van der Waals surface area contributed by atoms with Crippen molar-refractivity contribution in [2.45, 2.75) is 39.2 Å². The number of carbonyl (C=O) groups is 1. The molecule has 0 unspecified atom stereocenters. The topological polar surface area (TPSA) is 41.6 Å². The lowest BCUT2D eigenvalue weighted by Gasteiger charge is -2.24. The summed E-state index contributed by atoms with van der Waals surface area (Å²) in [5.41, 5.74) is 5.11. The molecule has 4 aromatic carbocycles. The van der Waals surface area contributed by atoms with Gasteiger partial charge in [0, 0.05) is 26.2 Å². The van der Waals surface area contributed by atoms with Crippen LogP contribution in [0.25, 0.3) is 11.1 Å². The Morgan fingerprint density at radius 1 is 0.800 bits per heavy atom. The van der Waals surface area contributed by atoms with Crippen molar-refractivity contribution in [3.63, 3.8) is 0 Å². The number of alkyl halides is 3. The Morgan fingerprint density at radius 2 is 1.45 bits per heavy atom. The van der Waals surface area contributed by atoms with Crippen LogP contribution in [0.3, 0.4) is 0 Å². The summed E-state index contributed by atoms with van der Waals surface area (Å²) >= 11 is 0. The molecule has 4 nitrogen and oxygen atoms in total. The van der Waals surface area contributed by atoms with Crippen molar-refractivity contribution in [3.8, 4) is 16.9 Å². The highest BCUT2D eigenvalue weighted by Gasteiger charge is 2.31. The van der Waals surface area contributed by atoms with E-state index in [0.29, 0.717) is 43.0 Å². The smallest absolute Gasteiger partial charge is 0.416 e. The lowest BCUT2D eigenvalue weighted by molar-refractivity contribution is -0.137. The standard InChI is InChI=1S/C33H33F3N2O2/c1-25-18-28(20-31(19-25)33(34,35)36)23-38(22-27-10-14-32(15-11-27)40-24-39)17-5-16-37-21-26-8-12-30(13-9-26)29-6-3-2-4-7-29/h2-4,6-15,18-20,24,37H,5,16-17,21-23H2,1H3. The van der Waals surface area contributed by atoms with Gasteiger partial charge in [0.15, 0.2) is 0 Å². The fourth-order valence-corrected chi connectivity index (χ4v) is 4.68. The molecule has 0 saturated carbocycles. The maximum Gasteiger partial charge on any atom is 0.416 e. The van der Waals surface area contributed by atoms with Crippen molar-refractivity contribution in [2.75, 3.05) is 13.1 Å². The summed E-state index contributed by atoms with van der Waals surface area (Å²) in [5, 5.41) is 3.48. The quantitative estimate of drug-likeness (QED) is 0.140. The second-order valence-electron chi connectivity index (χ2n) is 9.87. The normalized spacial score (nSPS) is 11.5. The Hall–Kier alpha value is -3.94. The molecule has 208 valence electrons. The summed E-state index contributed by atoms with van der Waals surface area (Å²) in [6, 6.07) is 30.1. The van der Waals surface area contributed by atoms with E-state index in [-0.39, 0.29) is 0 Å². The molecule has 4 rings (SSSR count). The van der Waals surface area contributed by atoms with E-state index in [1.165, 1.54) is 28.8 Å². The first-order chi connectivity index (χ1) is 19.3. The molecule has 0 atom stereocenters. The molecule has 7 heteroatoms. The minimum absolute atomic E-state index is 0.377. The molecule has 1 N–H and O–H groups in total. The lowest BCUT2D eigenvalue weighted by Crippen LogP contribution is -2.27. The van der Waals surface area contributed by atoms with E-state index >= 15 is 0 Å². The zero-order valence-corrected chi connectivity index (χ0v) is 22.5. The molecule has 0 aliphatic heterocycles. The van der Waals surface area contributed by atoms with Gasteiger partial charge in [-0.25, -0.2) is 0 Å².